The van der Waals surface area contributed by atoms with Crippen molar-refractivity contribution in [2.75, 3.05) is 11.5 Å². The van der Waals surface area contributed by atoms with Gasteiger partial charge >= 0.3 is 0 Å². The van der Waals surface area contributed by atoms with Crippen molar-refractivity contribution in [3.8, 4) is 56.3 Å². The summed E-state index contributed by atoms with van der Waals surface area (Å²) in [6, 6.07) is 17.4. The highest BCUT2D eigenvalue weighted by Gasteiger charge is 2.17. The van der Waals surface area contributed by atoms with Gasteiger partial charge in [0.1, 0.15) is 11.5 Å². The summed E-state index contributed by atoms with van der Waals surface area (Å²) in [5.74, 6) is 0.730. The highest BCUT2D eigenvalue weighted by molar-refractivity contribution is 6.32. The summed E-state index contributed by atoms with van der Waals surface area (Å²) in [5, 5.41) is 34.0. The largest absolute Gasteiger partial charge is 0.506 e. The fraction of sp³-hybridized carbons (Fsp3) is 0. The Labute approximate surface area is 238 Å². The molecule has 0 radical (unpaired) electrons. The normalized spacial score (nSPS) is 10.7. The number of phenolic OH excluding ortho intramolecular Hbond substituents is 2. The van der Waals surface area contributed by atoms with Crippen LogP contribution in [0.25, 0.3) is 44.8 Å². The number of pyridine rings is 2. The van der Waals surface area contributed by atoms with Gasteiger partial charge in [-0.3, -0.25) is 20.2 Å². The first-order valence-corrected chi connectivity index (χ1v) is 12.5. The van der Waals surface area contributed by atoms with Crippen LogP contribution in [0.3, 0.4) is 0 Å². The summed E-state index contributed by atoms with van der Waals surface area (Å²) >= 11 is 11.7. The zero-order valence-electron chi connectivity index (χ0n) is 20.7. The number of nitrogens with one attached hydrogen (secondary N) is 2. The summed E-state index contributed by atoms with van der Waals surface area (Å²) in [4.78, 5) is 7.97. The van der Waals surface area contributed by atoms with Gasteiger partial charge in [0.2, 0.25) is 0 Å². The zero-order chi connectivity index (χ0) is 28.2. The van der Waals surface area contributed by atoms with E-state index in [1.54, 1.807) is 61.2 Å². The molecule has 6 rings (SSSR count). The number of hydrogen-bond donors (Lipinski definition) is 6. The van der Waals surface area contributed by atoms with Crippen molar-refractivity contribution in [2.24, 2.45) is 0 Å². The third kappa shape index (κ3) is 5.39. The number of hydrogen-bond acceptors (Lipinski definition) is 8. The van der Waals surface area contributed by atoms with Crippen LogP contribution in [0.15, 0.2) is 85.5 Å². The van der Waals surface area contributed by atoms with E-state index in [-0.39, 0.29) is 11.5 Å². The molecule has 0 aliphatic heterocycles. The molecule has 40 heavy (non-hydrogen) atoms. The first-order chi connectivity index (χ1) is 19.3. The van der Waals surface area contributed by atoms with E-state index in [1.165, 1.54) is 0 Å². The summed E-state index contributed by atoms with van der Waals surface area (Å²) in [6.45, 7) is 0. The molecule has 0 saturated heterocycles. The van der Waals surface area contributed by atoms with Gasteiger partial charge < -0.3 is 21.7 Å². The number of nitrogen functional groups attached to an aromatic ring is 2. The number of aromatic nitrogens is 6. The highest BCUT2D eigenvalue weighted by Crippen LogP contribution is 2.38. The van der Waals surface area contributed by atoms with Crippen molar-refractivity contribution in [3.05, 3.63) is 95.5 Å². The van der Waals surface area contributed by atoms with Gasteiger partial charge in [0, 0.05) is 35.9 Å². The Bertz CT molecular complexity index is 1640. The summed E-state index contributed by atoms with van der Waals surface area (Å²) in [5.41, 5.74) is 18.1. The number of aromatic hydroxyl groups is 2. The van der Waals surface area contributed by atoms with Crippen LogP contribution in [-0.4, -0.2) is 40.6 Å². The molecule has 0 saturated carbocycles. The summed E-state index contributed by atoms with van der Waals surface area (Å²) in [6.07, 6.45) is 6.76. The minimum Gasteiger partial charge on any atom is -0.506 e. The molecule has 0 aliphatic rings. The number of nitrogens with zero attached hydrogens (tertiary/aromatic N) is 4. The first kappa shape index (κ1) is 26.5. The van der Waals surface area contributed by atoms with Crippen molar-refractivity contribution < 1.29 is 10.2 Å². The molecule has 0 fully saturated rings. The van der Waals surface area contributed by atoms with Crippen LogP contribution < -0.4 is 11.5 Å². The average Bonchev–Trinajstić information content (AvgIpc) is 3.55. The molecule has 0 bridgehead atoms. The van der Waals surface area contributed by atoms with Crippen molar-refractivity contribution in [2.45, 2.75) is 0 Å². The van der Waals surface area contributed by atoms with Crippen molar-refractivity contribution in [3.63, 3.8) is 0 Å². The van der Waals surface area contributed by atoms with Crippen LogP contribution in [-0.2, 0) is 0 Å². The molecular formula is C28H22Cl2N8O2. The SMILES string of the molecule is Nc1n[nH]c(-c2ccncc2)c1-c1ccc(Cl)c(O)c1.Nc1n[nH]c(-c2ccncc2)c1-c1ccc(Cl)c(O)c1. The van der Waals surface area contributed by atoms with E-state index in [4.69, 9.17) is 34.7 Å². The third-order valence-electron chi connectivity index (χ3n) is 6.00. The molecule has 4 aromatic heterocycles. The predicted molar refractivity (Wildman–Crippen MR) is 157 cm³/mol. The smallest absolute Gasteiger partial charge is 0.153 e. The standard InChI is InChI=1S/2C14H11ClN4O/c2*15-10-2-1-9(7-11(10)20)12-13(18-19-14(12)16)8-3-5-17-6-4-8/h2*1-7,20H,(H3,16,18,19). The Hall–Kier alpha value is -5.06. The number of benzene rings is 2. The Kier molecular flexibility index (Phi) is 7.54. The molecule has 8 N–H and O–H groups in total. The Morgan fingerprint density at radius 3 is 1.27 bits per heavy atom. The molecule has 4 heterocycles. The van der Waals surface area contributed by atoms with Crippen molar-refractivity contribution >= 4 is 34.8 Å². The summed E-state index contributed by atoms with van der Waals surface area (Å²) < 4.78 is 0. The van der Waals surface area contributed by atoms with Crippen LogP contribution in [0.2, 0.25) is 10.0 Å². The topological polar surface area (TPSA) is 176 Å². The number of rotatable bonds is 4. The number of H-pyrrole nitrogens is 2. The zero-order valence-corrected chi connectivity index (χ0v) is 22.2. The fourth-order valence-electron chi connectivity index (χ4n) is 4.09. The lowest BCUT2D eigenvalue weighted by atomic mass is 10.0. The van der Waals surface area contributed by atoms with Crippen LogP contribution >= 0.6 is 23.2 Å². The molecule has 6 aromatic rings. The quantitative estimate of drug-likeness (QED) is 0.145. The van der Waals surface area contributed by atoms with E-state index in [9.17, 15) is 10.2 Å². The fourth-order valence-corrected chi connectivity index (χ4v) is 4.32. The summed E-state index contributed by atoms with van der Waals surface area (Å²) in [7, 11) is 0. The lowest BCUT2D eigenvalue weighted by molar-refractivity contribution is 0.475. The number of phenols is 2. The van der Waals surface area contributed by atoms with E-state index in [2.05, 4.69) is 30.4 Å². The van der Waals surface area contributed by atoms with E-state index in [1.807, 2.05) is 24.3 Å². The number of anilines is 2. The van der Waals surface area contributed by atoms with E-state index < -0.39 is 0 Å². The molecule has 0 unspecified atom stereocenters. The lowest BCUT2D eigenvalue weighted by Gasteiger charge is -2.06. The van der Waals surface area contributed by atoms with Crippen molar-refractivity contribution in [1.29, 1.82) is 0 Å². The maximum Gasteiger partial charge on any atom is 0.153 e. The number of nitrogens with two attached hydrogens (primary N) is 2. The van der Waals surface area contributed by atoms with Gasteiger partial charge in [0.25, 0.3) is 0 Å². The molecule has 0 atom stereocenters. The molecule has 0 amide bonds. The van der Waals surface area contributed by atoms with E-state index in [0.29, 0.717) is 21.7 Å². The molecular weight excluding hydrogens is 551 g/mol. The average molecular weight is 573 g/mol. The predicted octanol–water partition coefficient (Wildman–Crippen LogP) is 6.16. The Morgan fingerprint density at radius 2 is 0.925 bits per heavy atom. The maximum absolute atomic E-state index is 9.74. The number of aromatic amines is 2. The van der Waals surface area contributed by atoms with Gasteiger partial charge in [-0.05, 0) is 59.7 Å². The maximum atomic E-state index is 9.74. The molecule has 0 aliphatic carbocycles. The first-order valence-electron chi connectivity index (χ1n) is 11.8. The van der Waals surface area contributed by atoms with E-state index in [0.717, 1.165) is 44.8 Å². The monoisotopic (exact) mass is 572 g/mol. The molecule has 200 valence electrons. The Morgan fingerprint density at radius 1 is 0.550 bits per heavy atom. The van der Waals surface area contributed by atoms with Crippen LogP contribution in [0.4, 0.5) is 11.6 Å². The minimum atomic E-state index is 0.00504. The van der Waals surface area contributed by atoms with Crippen LogP contribution in [0.1, 0.15) is 0 Å². The minimum absolute atomic E-state index is 0.00504. The molecule has 12 heteroatoms. The van der Waals surface area contributed by atoms with Crippen LogP contribution in [0, 0.1) is 0 Å². The lowest BCUT2D eigenvalue weighted by Crippen LogP contribution is -1.89. The Balaban J connectivity index is 0.000000161. The van der Waals surface area contributed by atoms with Gasteiger partial charge in [0.05, 0.1) is 32.6 Å². The van der Waals surface area contributed by atoms with Crippen LogP contribution in [0.5, 0.6) is 11.5 Å². The van der Waals surface area contributed by atoms with Gasteiger partial charge in [-0.25, -0.2) is 0 Å². The molecule has 0 spiro atoms. The second-order valence-electron chi connectivity index (χ2n) is 8.52. The third-order valence-corrected chi connectivity index (χ3v) is 6.64. The van der Waals surface area contributed by atoms with Gasteiger partial charge in [-0.15, -0.1) is 0 Å². The van der Waals surface area contributed by atoms with Gasteiger partial charge in [-0.2, -0.15) is 10.2 Å². The van der Waals surface area contributed by atoms with E-state index >= 15 is 0 Å². The van der Waals surface area contributed by atoms with Gasteiger partial charge in [-0.1, -0.05) is 35.3 Å². The second-order valence-corrected chi connectivity index (χ2v) is 9.34. The molecule has 2 aromatic carbocycles. The molecule has 10 nitrogen and oxygen atoms in total. The second kappa shape index (κ2) is 11.4. The highest BCUT2D eigenvalue weighted by atomic mass is 35.5. The van der Waals surface area contributed by atoms with Gasteiger partial charge in [0.15, 0.2) is 11.6 Å². The number of halogens is 2. The van der Waals surface area contributed by atoms with Crippen molar-refractivity contribution in [1.82, 2.24) is 30.4 Å².